The molecule has 0 spiro atoms. The highest BCUT2D eigenvalue weighted by atomic mass is 19.4. The molecule has 1 aliphatic heterocycles. The minimum absolute atomic E-state index is 0.0699. The molecular weight excluding hydrogens is 510 g/mol. The van der Waals surface area contributed by atoms with Crippen LogP contribution in [0.25, 0.3) is 0 Å². The maximum absolute atomic E-state index is 13.4. The number of benzene rings is 2. The minimum Gasteiger partial charge on any atom is -0.393 e. The third-order valence-electron chi connectivity index (χ3n) is 8.02. The molecule has 4 nitrogen and oxygen atoms in total. The molecule has 1 aliphatic carbocycles. The molecule has 208 valence electrons. The van der Waals surface area contributed by atoms with Crippen LogP contribution >= 0.6 is 0 Å². The molecule has 1 amide bonds. The van der Waals surface area contributed by atoms with E-state index in [-0.39, 0.29) is 23.8 Å². The number of hydrogen-bond donors (Lipinski definition) is 2. The first-order chi connectivity index (χ1) is 17.8. The average molecular weight is 543 g/mol. The van der Waals surface area contributed by atoms with Gasteiger partial charge in [0.15, 0.2) is 0 Å². The number of carbonyl (C=O) groups excluding carboxylic acids is 1. The normalized spacial score (nSPS) is 24.7. The van der Waals surface area contributed by atoms with Gasteiger partial charge in [-0.3, -0.25) is 4.79 Å². The Morgan fingerprint density at radius 2 is 1.45 bits per heavy atom. The van der Waals surface area contributed by atoms with Crippen LogP contribution in [-0.4, -0.2) is 41.1 Å². The third kappa shape index (κ3) is 6.34. The van der Waals surface area contributed by atoms with Crippen molar-refractivity contribution in [2.45, 2.75) is 81.4 Å². The summed E-state index contributed by atoms with van der Waals surface area (Å²) in [5.74, 6) is -1.86. The summed E-state index contributed by atoms with van der Waals surface area (Å²) in [6.45, 7) is 2.92. The molecule has 1 atom stereocenters. The molecule has 1 saturated carbocycles. The number of aliphatic hydroxyl groups is 1. The molecule has 10 heteroatoms. The lowest BCUT2D eigenvalue weighted by molar-refractivity contribution is -0.143. The van der Waals surface area contributed by atoms with Gasteiger partial charge in [0.25, 0.3) is 0 Å². The Morgan fingerprint density at radius 1 is 0.921 bits per heavy atom. The summed E-state index contributed by atoms with van der Waals surface area (Å²) >= 11 is 0. The van der Waals surface area contributed by atoms with Gasteiger partial charge in [0.1, 0.15) is 0 Å². The Kier molecular flexibility index (Phi) is 8.14. The first kappa shape index (κ1) is 28.4. The SMILES string of the molecule is CC(C(=O)NC1(c2ccccc2)CCC(N2CCC(O)CC2)CC1)c1cc(C(F)(F)F)cc(C(F)(F)F)c1. The molecule has 2 fully saturated rings. The maximum atomic E-state index is 13.4. The Hall–Kier alpha value is -2.59. The highest BCUT2D eigenvalue weighted by Crippen LogP contribution is 2.41. The number of carbonyl (C=O) groups is 1. The second-order valence-corrected chi connectivity index (χ2v) is 10.5. The van der Waals surface area contributed by atoms with Gasteiger partial charge in [-0.15, -0.1) is 0 Å². The predicted molar refractivity (Wildman–Crippen MR) is 130 cm³/mol. The fourth-order valence-corrected chi connectivity index (χ4v) is 5.68. The number of amides is 1. The number of hydrogen-bond acceptors (Lipinski definition) is 3. The highest BCUT2D eigenvalue weighted by molar-refractivity contribution is 5.84. The van der Waals surface area contributed by atoms with Crippen molar-refractivity contribution in [3.05, 3.63) is 70.8 Å². The van der Waals surface area contributed by atoms with Crippen molar-refractivity contribution in [3.63, 3.8) is 0 Å². The van der Waals surface area contributed by atoms with Crippen molar-refractivity contribution < 1.29 is 36.2 Å². The molecule has 0 radical (unpaired) electrons. The molecule has 4 rings (SSSR count). The van der Waals surface area contributed by atoms with Crippen LogP contribution in [-0.2, 0) is 22.7 Å². The number of aliphatic hydroxyl groups excluding tert-OH is 1. The molecule has 0 aromatic heterocycles. The van der Waals surface area contributed by atoms with E-state index in [1.165, 1.54) is 6.92 Å². The van der Waals surface area contributed by atoms with Crippen molar-refractivity contribution >= 4 is 5.91 Å². The van der Waals surface area contributed by atoms with Crippen molar-refractivity contribution in [1.29, 1.82) is 0 Å². The van der Waals surface area contributed by atoms with Crippen LogP contribution in [0, 0.1) is 0 Å². The summed E-state index contributed by atoms with van der Waals surface area (Å²) in [6, 6.07) is 10.9. The van der Waals surface area contributed by atoms with Gasteiger partial charge in [-0.05, 0) is 74.8 Å². The van der Waals surface area contributed by atoms with Crippen LogP contribution in [0.5, 0.6) is 0 Å². The summed E-state index contributed by atoms with van der Waals surface area (Å²) in [7, 11) is 0. The molecule has 2 aromatic rings. The number of rotatable bonds is 5. The summed E-state index contributed by atoms with van der Waals surface area (Å²) in [5, 5.41) is 12.9. The van der Waals surface area contributed by atoms with Crippen LogP contribution in [0.1, 0.15) is 73.6 Å². The molecule has 2 aromatic carbocycles. The van der Waals surface area contributed by atoms with Gasteiger partial charge in [0.2, 0.25) is 5.91 Å². The van der Waals surface area contributed by atoms with Crippen molar-refractivity contribution in [1.82, 2.24) is 10.2 Å². The predicted octanol–water partition coefficient (Wildman–Crippen LogP) is 6.24. The second kappa shape index (κ2) is 10.9. The van der Waals surface area contributed by atoms with Gasteiger partial charge < -0.3 is 15.3 Å². The van der Waals surface area contributed by atoms with E-state index < -0.39 is 40.8 Å². The highest BCUT2D eigenvalue weighted by Gasteiger charge is 2.42. The lowest BCUT2D eigenvalue weighted by Gasteiger charge is -2.46. The van der Waals surface area contributed by atoms with Gasteiger partial charge in [0.05, 0.1) is 28.7 Å². The zero-order valence-electron chi connectivity index (χ0n) is 21.1. The minimum atomic E-state index is -4.99. The molecule has 0 bridgehead atoms. The lowest BCUT2D eigenvalue weighted by Crippen LogP contribution is -2.53. The zero-order chi connectivity index (χ0) is 27.7. The maximum Gasteiger partial charge on any atom is 0.416 e. The van der Waals surface area contributed by atoms with Gasteiger partial charge in [-0.2, -0.15) is 26.3 Å². The van der Waals surface area contributed by atoms with Crippen LogP contribution < -0.4 is 5.32 Å². The van der Waals surface area contributed by atoms with E-state index in [1.807, 2.05) is 30.3 Å². The Balaban J connectivity index is 1.58. The van der Waals surface area contributed by atoms with Crippen LogP contribution in [0.4, 0.5) is 26.3 Å². The van der Waals surface area contributed by atoms with Gasteiger partial charge in [0, 0.05) is 19.1 Å². The average Bonchev–Trinajstić information content (AvgIpc) is 2.88. The first-order valence-corrected chi connectivity index (χ1v) is 12.9. The number of halogens is 6. The van der Waals surface area contributed by atoms with Crippen LogP contribution in [0.15, 0.2) is 48.5 Å². The molecule has 1 saturated heterocycles. The van der Waals surface area contributed by atoms with E-state index in [4.69, 9.17) is 0 Å². The zero-order valence-corrected chi connectivity index (χ0v) is 21.1. The third-order valence-corrected chi connectivity index (χ3v) is 8.02. The van der Waals surface area contributed by atoms with Gasteiger partial charge >= 0.3 is 12.4 Å². The van der Waals surface area contributed by atoms with Crippen molar-refractivity contribution in [3.8, 4) is 0 Å². The Bertz CT molecular complexity index is 1070. The van der Waals surface area contributed by atoms with Gasteiger partial charge in [-0.1, -0.05) is 30.3 Å². The van der Waals surface area contributed by atoms with Crippen LogP contribution in [0.2, 0.25) is 0 Å². The molecular formula is C28H32F6N2O2. The number of nitrogens with one attached hydrogen (secondary N) is 1. The summed E-state index contributed by atoms with van der Waals surface area (Å²) in [6.07, 6.45) is -6.14. The molecule has 2 aliphatic rings. The number of piperidine rings is 1. The largest absolute Gasteiger partial charge is 0.416 e. The quantitative estimate of drug-likeness (QED) is 0.440. The van der Waals surface area contributed by atoms with E-state index in [0.29, 0.717) is 37.8 Å². The Labute approximate surface area is 218 Å². The molecule has 1 heterocycles. The fourth-order valence-electron chi connectivity index (χ4n) is 5.68. The topological polar surface area (TPSA) is 52.6 Å². The second-order valence-electron chi connectivity index (χ2n) is 10.5. The fraction of sp³-hybridized carbons (Fsp3) is 0.536. The standard InChI is InChI=1S/C28H32F6N2O2/c1-18(19-15-21(27(29,30)31)17-22(16-19)28(32,33)34)25(38)35-26(20-5-3-2-4-6-20)11-7-23(8-12-26)36-13-9-24(37)10-14-36/h2-6,15-18,23-24,37H,7-14H2,1H3,(H,35,38). The number of likely N-dealkylation sites (tertiary alicyclic amines) is 1. The lowest BCUT2D eigenvalue weighted by atomic mass is 9.74. The summed E-state index contributed by atoms with van der Waals surface area (Å²) < 4.78 is 80.3. The number of nitrogens with zero attached hydrogens (tertiary/aromatic N) is 1. The van der Waals surface area contributed by atoms with Gasteiger partial charge in [-0.25, -0.2) is 0 Å². The smallest absolute Gasteiger partial charge is 0.393 e. The molecule has 2 N–H and O–H groups in total. The van der Waals surface area contributed by atoms with Crippen molar-refractivity contribution in [2.75, 3.05) is 13.1 Å². The van der Waals surface area contributed by atoms with E-state index >= 15 is 0 Å². The summed E-state index contributed by atoms with van der Waals surface area (Å²) in [4.78, 5) is 15.8. The monoisotopic (exact) mass is 542 g/mol. The molecule has 1 unspecified atom stereocenters. The van der Waals surface area contributed by atoms with E-state index in [1.54, 1.807) is 0 Å². The Morgan fingerprint density at radius 3 is 1.95 bits per heavy atom. The number of alkyl halides is 6. The van der Waals surface area contributed by atoms with E-state index in [9.17, 15) is 36.2 Å². The first-order valence-electron chi connectivity index (χ1n) is 12.9. The molecule has 38 heavy (non-hydrogen) atoms. The van der Waals surface area contributed by atoms with E-state index in [2.05, 4.69) is 10.2 Å². The summed E-state index contributed by atoms with van der Waals surface area (Å²) in [5.41, 5.74) is -3.15. The van der Waals surface area contributed by atoms with E-state index in [0.717, 1.165) is 31.5 Å². The van der Waals surface area contributed by atoms with Crippen molar-refractivity contribution in [2.24, 2.45) is 0 Å². The van der Waals surface area contributed by atoms with Crippen LogP contribution in [0.3, 0.4) is 0 Å².